The Labute approximate surface area is 42.0 Å². The number of rotatable bonds is 0. The first kappa shape index (κ1) is 4.74. The van der Waals surface area contributed by atoms with Gasteiger partial charge in [-0.3, -0.25) is 5.41 Å². The normalized spacial score (nSPS) is 31.6. The molecule has 7 heavy (non-hydrogen) atoms. The van der Waals surface area contributed by atoms with Crippen molar-refractivity contribution < 1.29 is 5.06 Å². The Kier molecular flexibility index (Phi) is 1.08. The van der Waals surface area contributed by atoms with E-state index in [0.29, 0.717) is 18.8 Å². The van der Waals surface area contributed by atoms with E-state index >= 15 is 0 Å². The summed E-state index contributed by atoms with van der Waals surface area (Å²) >= 11 is 0. The Morgan fingerprint density at radius 2 is 2.43 bits per heavy atom. The minimum absolute atomic E-state index is 0.0417. The number of hydrogen-bond donors (Lipinski definition) is 2. The zero-order valence-electron chi connectivity index (χ0n) is 4.03. The zero-order valence-corrected chi connectivity index (χ0v) is 4.03. The van der Waals surface area contributed by atoms with Crippen molar-refractivity contribution in [1.29, 1.82) is 5.41 Å². The fraction of sp³-hybridized carbons (Fsp3) is 0.750. The lowest BCUT2D eigenvalue weighted by atomic mass is 10.4. The minimum Gasteiger partial charge on any atom is -0.628 e. The van der Waals surface area contributed by atoms with Crippen LogP contribution in [-0.4, -0.2) is 12.4 Å². The van der Waals surface area contributed by atoms with Crippen LogP contribution >= 0.6 is 0 Å². The first-order valence-electron chi connectivity index (χ1n) is 2.41. The van der Waals surface area contributed by atoms with Gasteiger partial charge in [0.1, 0.15) is 0 Å². The molecule has 0 aromatic carbocycles. The van der Waals surface area contributed by atoms with E-state index < -0.39 is 0 Å². The molecule has 3 heteroatoms. The van der Waals surface area contributed by atoms with Gasteiger partial charge < -0.3 is 10.3 Å². The molecule has 1 unspecified atom stereocenters. The highest BCUT2D eigenvalue weighted by atomic mass is 16.5. The van der Waals surface area contributed by atoms with Gasteiger partial charge in [0.05, 0.1) is 6.54 Å². The molecule has 1 fully saturated rings. The first-order chi connectivity index (χ1) is 3.30. The van der Waals surface area contributed by atoms with Gasteiger partial charge in [-0.2, -0.15) is 0 Å². The predicted octanol–water partition coefficient (Wildman–Crippen LogP) is -0.860. The lowest BCUT2D eigenvalue weighted by Gasteiger charge is -2.11. The molecular formula is C4H8N2O. The Morgan fingerprint density at radius 3 is 2.57 bits per heavy atom. The molecule has 2 N–H and O–H groups in total. The molecule has 3 nitrogen and oxygen atoms in total. The Morgan fingerprint density at radius 1 is 1.71 bits per heavy atom. The van der Waals surface area contributed by atoms with Gasteiger partial charge in [0.15, 0.2) is 5.84 Å². The highest BCUT2D eigenvalue weighted by molar-refractivity contribution is 5.71. The number of hydrogen-bond acceptors (Lipinski definition) is 2. The average molecular weight is 100 g/mol. The highest BCUT2D eigenvalue weighted by Crippen LogP contribution is 1.88. The molecule has 0 spiro atoms. The van der Waals surface area contributed by atoms with Crippen molar-refractivity contribution in [2.24, 2.45) is 0 Å². The number of amidine groups is 1. The zero-order chi connectivity index (χ0) is 5.28. The SMILES string of the molecule is N=C1CCC[NH+]1[O-]. The van der Waals surface area contributed by atoms with Gasteiger partial charge in [0.25, 0.3) is 0 Å². The van der Waals surface area contributed by atoms with Gasteiger partial charge >= 0.3 is 0 Å². The third-order valence-corrected chi connectivity index (χ3v) is 1.17. The molecule has 0 aromatic heterocycles. The Hall–Kier alpha value is -0.410. The van der Waals surface area contributed by atoms with Crippen molar-refractivity contribution in [1.82, 2.24) is 0 Å². The van der Waals surface area contributed by atoms with Crippen LogP contribution in [0.3, 0.4) is 0 Å². The summed E-state index contributed by atoms with van der Waals surface area (Å²) in [5.74, 6) is 0.319. The van der Waals surface area contributed by atoms with Gasteiger partial charge in [-0.1, -0.05) is 0 Å². The molecule has 1 rings (SSSR count). The summed E-state index contributed by atoms with van der Waals surface area (Å²) in [6, 6.07) is 0. The van der Waals surface area contributed by atoms with Crippen molar-refractivity contribution in [3.05, 3.63) is 5.21 Å². The minimum atomic E-state index is 0.0417. The molecule has 1 atom stereocenters. The van der Waals surface area contributed by atoms with E-state index in [2.05, 4.69) is 0 Å². The van der Waals surface area contributed by atoms with Crippen LogP contribution in [0.2, 0.25) is 0 Å². The van der Waals surface area contributed by atoms with Crippen molar-refractivity contribution in [2.45, 2.75) is 12.8 Å². The molecular weight excluding hydrogens is 92.1 g/mol. The van der Waals surface area contributed by atoms with Crippen LogP contribution in [0.25, 0.3) is 0 Å². The maximum Gasteiger partial charge on any atom is 0.193 e. The Bertz CT molecular complexity index is 91.7. The van der Waals surface area contributed by atoms with Gasteiger partial charge in [-0.25, -0.2) is 0 Å². The third-order valence-electron chi connectivity index (χ3n) is 1.17. The van der Waals surface area contributed by atoms with E-state index in [1.807, 2.05) is 0 Å². The fourth-order valence-corrected chi connectivity index (χ4v) is 0.716. The number of quaternary nitrogens is 1. The molecule has 1 heterocycles. The molecule has 1 aliphatic rings. The second-order valence-corrected chi connectivity index (χ2v) is 1.76. The monoisotopic (exact) mass is 100 g/mol. The topological polar surface area (TPSA) is 51.4 Å². The van der Waals surface area contributed by atoms with Crippen LogP contribution in [0.15, 0.2) is 0 Å². The quantitative estimate of drug-likeness (QED) is 0.382. The maximum absolute atomic E-state index is 10.3. The second kappa shape index (κ2) is 1.60. The van der Waals surface area contributed by atoms with E-state index in [1.54, 1.807) is 0 Å². The van der Waals surface area contributed by atoms with Crippen LogP contribution < -0.4 is 5.06 Å². The smallest absolute Gasteiger partial charge is 0.193 e. The molecule has 1 saturated heterocycles. The first-order valence-corrected chi connectivity index (χ1v) is 2.41. The molecule has 0 radical (unpaired) electrons. The predicted molar refractivity (Wildman–Crippen MR) is 26.2 cm³/mol. The third kappa shape index (κ3) is 0.783. The Balaban J connectivity index is 2.48. The summed E-state index contributed by atoms with van der Waals surface area (Å²) in [6.45, 7) is 0.610. The van der Waals surface area contributed by atoms with Crippen LogP contribution in [0.1, 0.15) is 12.8 Å². The molecule has 0 amide bonds. The van der Waals surface area contributed by atoms with Crippen LogP contribution in [0, 0.1) is 10.6 Å². The number of hydroxylamine groups is 2. The van der Waals surface area contributed by atoms with E-state index in [-0.39, 0.29) is 5.06 Å². The van der Waals surface area contributed by atoms with Crippen LogP contribution in [-0.2, 0) is 0 Å². The standard InChI is InChI=1S/C4H8N2O/c5-4-2-1-3-6(4)7/h5-6H,1-3H2. The fourth-order valence-electron chi connectivity index (χ4n) is 0.716. The average Bonchev–Trinajstić information content (AvgIpc) is 1.91. The number of nitrogens with one attached hydrogen (secondary N) is 2. The molecule has 1 aliphatic heterocycles. The summed E-state index contributed by atoms with van der Waals surface area (Å²) in [4.78, 5) is 0. The van der Waals surface area contributed by atoms with E-state index in [0.717, 1.165) is 6.42 Å². The summed E-state index contributed by atoms with van der Waals surface area (Å²) in [7, 11) is 0. The van der Waals surface area contributed by atoms with E-state index in [9.17, 15) is 5.21 Å². The molecule has 0 aromatic rings. The van der Waals surface area contributed by atoms with Gasteiger partial charge in [0, 0.05) is 12.8 Å². The van der Waals surface area contributed by atoms with Crippen molar-refractivity contribution in [3.8, 4) is 0 Å². The second-order valence-electron chi connectivity index (χ2n) is 1.76. The molecule has 0 aliphatic carbocycles. The highest BCUT2D eigenvalue weighted by Gasteiger charge is 2.13. The summed E-state index contributed by atoms with van der Waals surface area (Å²) in [5.41, 5.74) is 0. The molecule has 0 saturated carbocycles. The van der Waals surface area contributed by atoms with Crippen molar-refractivity contribution in [2.75, 3.05) is 6.54 Å². The van der Waals surface area contributed by atoms with E-state index in [4.69, 9.17) is 5.41 Å². The van der Waals surface area contributed by atoms with Crippen LogP contribution in [0.4, 0.5) is 0 Å². The van der Waals surface area contributed by atoms with Crippen molar-refractivity contribution >= 4 is 5.84 Å². The lowest BCUT2D eigenvalue weighted by molar-refractivity contribution is -0.740. The summed E-state index contributed by atoms with van der Waals surface area (Å²) in [5, 5.41) is 17.3. The van der Waals surface area contributed by atoms with Gasteiger partial charge in [-0.05, 0) is 0 Å². The molecule has 0 bridgehead atoms. The summed E-state index contributed by atoms with van der Waals surface area (Å²) < 4.78 is 0. The maximum atomic E-state index is 10.3. The van der Waals surface area contributed by atoms with Crippen molar-refractivity contribution in [3.63, 3.8) is 0 Å². The summed E-state index contributed by atoms with van der Waals surface area (Å²) in [6.07, 6.45) is 1.61. The van der Waals surface area contributed by atoms with Gasteiger partial charge in [-0.15, -0.1) is 0 Å². The van der Waals surface area contributed by atoms with E-state index in [1.165, 1.54) is 0 Å². The molecule has 40 valence electrons. The van der Waals surface area contributed by atoms with Gasteiger partial charge in [0.2, 0.25) is 0 Å². The van der Waals surface area contributed by atoms with Crippen LogP contribution in [0.5, 0.6) is 0 Å². The lowest BCUT2D eigenvalue weighted by Crippen LogP contribution is -3.07. The largest absolute Gasteiger partial charge is 0.628 e.